The number of allylic oxidation sites excluding steroid dienone is 2. The summed E-state index contributed by atoms with van der Waals surface area (Å²) in [5.74, 6) is -4.10. The first kappa shape index (κ1) is 22.2. The number of nitrogens with zero attached hydrogens (tertiary/aromatic N) is 1. The second kappa shape index (κ2) is 7.43. The highest BCUT2D eigenvalue weighted by atomic mass is 16.3. The molecule has 1 heterocycles. The molecule has 4 unspecified atom stereocenters. The van der Waals surface area contributed by atoms with Crippen molar-refractivity contribution in [2.75, 3.05) is 0 Å². The van der Waals surface area contributed by atoms with E-state index in [0.29, 0.717) is 29.7 Å². The molecular weight excluding hydrogens is 436 g/mol. The number of Topliss-reactive ketones (excluding diaryl/α,β-unsaturated/α-hetero) is 1. The van der Waals surface area contributed by atoms with Crippen LogP contribution in [0, 0.1) is 24.7 Å². The van der Waals surface area contributed by atoms with Crippen molar-refractivity contribution >= 4 is 17.4 Å². The smallest absolute Gasteiger partial charge is 0.250 e. The Morgan fingerprint density at radius 3 is 2.59 bits per heavy atom. The van der Waals surface area contributed by atoms with Gasteiger partial charge in [0.1, 0.15) is 22.9 Å². The van der Waals surface area contributed by atoms with Crippen LogP contribution in [0.15, 0.2) is 47.4 Å². The Morgan fingerprint density at radius 1 is 1.21 bits per heavy atom. The Kier molecular flexibility index (Phi) is 4.84. The van der Waals surface area contributed by atoms with Crippen molar-refractivity contribution in [3.63, 3.8) is 0 Å². The zero-order valence-corrected chi connectivity index (χ0v) is 18.9. The zero-order chi connectivity index (χ0) is 24.5. The molecule has 8 nitrogen and oxygen atoms in total. The van der Waals surface area contributed by atoms with Gasteiger partial charge in [0.05, 0.1) is 22.7 Å². The third-order valence-corrected chi connectivity index (χ3v) is 7.60. The summed E-state index contributed by atoms with van der Waals surface area (Å²) in [5.41, 5.74) is 6.05. The Morgan fingerprint density at radius 2 is 1.94 bits per heavy atom. The predicted octanol–water partition coefficient (Wildman–Crippen LogP) is 2.86. The number of amides is 1. The van der Waals surface area contributed by atoms with Crippen LogP contribution in [0.4, 0.5) is 0 Å². The van der Waals surface area contributed by atoms with Crippen LogP contribution in [0.25, 0.3) is 17.0 Å². The van der Waals surface area contributed by atoms with Crippen LogP contribution >= 0.6 is 0 Å². The highest BCUT2D eigenvalue weighted by Gasteiger charge is 2.57. The Hall–Kier alpha value is -3.65. The number of aromatic hydroxyl groups is 1. The fraction of sp³-hybridized carbons (Fsp3) is 0.346. The lowest BCUT2D eigenvalue weighted by Crippen LogP contribution is -2.55. The van der Waals surface area contributed by atoms with Gasteiger partial charge in [-0.05, 0) is 67.9 Å². The van der Waals surface area contributed by atoms with Gasteiger partial charge < -0.3 is 26.2 Å². The molecule has 2 aromatic rings. The van der Waals surface area contributed by atoms with Crippen molar-refractivity contribution in [1.29, 1.82) is 0 Å². The van der Waals surface area contributed by atoms with Gasteiger partial charge in [0.25, 0.3) is 5.91 Å². The number of fused-ring (bicyclic) bond motifs is 3. The highest BCUT2D eigenvalue weighted by Crippen LogP contribution is 2.54. The minimum Gasteiger partial charge on any atom is -0.512 e. The van der Waals surface area contributed by atoms with Gasteiger partial charge in [0, 0.05) is 23.8 Å². The highest BCUT2D eigenvalue weighted by molar-refractivity contribution is 6.08. The van der Waals surface area contributed by atoms with Gasteiger partial charge in [-0.15, -0.1) is 0 Å². The summed E-state index contributed by atoms with van der Waals surface area (Å²) in [7, 11) is 0. The van der Waals surface area contributed by atoms with E-state index in [1.807, 2.05) is 18.2 Å². The maximum atomic E-state index is 13.7. The first-order valence-corrected chi connectivity index (χ1v) is 11.2. The van der Waals surface area contributed by atoms with Crippen LogP contribution in [0.1, 0.15) is 36.5 Å². The number of aliphatic hydroxyl groups excluding tert-OH is 2. The van der Waals surface area contributed by atoms with Crippen molar-refractivity contribution in [2.45, 2.75) is 38.7 Å². The van der Waals surface area contributed by atoms with E-state index in [2.05, 4.69) is 4.98 Å². The molecule has 8 heteroatoms. The average Bonchev–Trinajstić information content (AvgIpc) is 2.75. The van der Waals surface area contributed by atoms with Crippen molar-refractivity contribution in [1.82, 2.24) is 4.98 Å². The number of hydrogen-bond acceptors (Lipinski definition) is 7. The lowest BCUT2D eigenvalue weighted by atomic mass is 9.57. The number of benzene rings is 1. The molecule has 1 saturated carbocycles. The zero-order valence-electron chi connectivity index (χ0n) is 18.9. The van der Waals surface area contributed by atoms with E-state index in [9.17, 15) is 30.0 Å². The third kappa shape index (κ3) is 2.98. The molecule has 6 N–H and O–H groups in total. The summed E-state index contributed by atoms with van der Waals surface area (Å²) in [6, 6.07) is 7.32. The van der Waals surface area contributed by atoms with E-state index in [0.717, 1.165) is 5.56 Å². The maximum absolute atomic E-state index is 13.7. The second-order valence-electron chi connectivity index (χ2n) is 9.70. The summed E-state index contributed by atoms with van der Waals surface area (Å²) < 4.78 is 0. The molecule has 3 aliphatic carbocycles. The van der Waals surface area contributed by atoms with Gasteiger partial charge in [-0.25, -0.2) is 0 Å². The van der Waals surface area contributed by atoms with Gasteiger partial charge in [-0.2, -0.15) is 0 Å². The van der Waals surface area contributed by atoms with Crippen LogP contribution in [0.2, 0.25) is 0 Å². The molecule has 0 saturated heterocycles. The molecule has 0 aliphatic heterocycles. The van der Waals surface area contributed by atoms with E-state index in [-0.39, 0.29) is 46.3 Å². The molecule has 1 fully saturated rings. The van der Waals surface area contributed by atoms with Crippen molar-refractivity contribution in [2.24, 2.45) is 23.5 Å². The number of phenols is 1. The van der Waals surface area contributed by atoms with Crippen LogP contribution in [0.5, 0.6) is 5.75 Å². The average molecular weight is 463 g/mol. The quantitative estimate of drug-likeness (QED) is 0.460. The molecular formula is C26H26N2O6. The number of aliphatic hydroxyl groups is 3. The number of rotatable bonds is 2. The van der Waals surface area contributed by atoms with E-state index < -0.39 is 29.1 Å². The van der Waals surface area contributed by atoms with Crippen LogP contribution in [-0.4, -0.2) is 42.7 Å². The number of primary amides is 1. The molecule has 0 bridgehead atoms. The first-order chi connectivity index (χ1) is 16.0. The molecule has 1 aromatic heterocycles. The van der Waals surface area contributed by atoms with Gasteiger partial charge >= 0.3 is 0 Å². The van der Waals surface area contributed by atoms with Gasteiger partial charge in [-0.3, -0.25) is 14.6 Å². The largest absolute Gasteiger partial charge is 0.512 e. The van der Waals surface area contributed by atoms with E-state index in [1.54, 1.807) is 19.2 Å². The van der Waals surface area contributed by atoms with Crippen molar-refractivity contribution in [3.05, 3.63) is 64.1 Å². The molecule has 4 atom stereocenters. The number of aromatic nitrogens is 1. The Bertz CT molecular complexity index is 1310. The Balaban J connectivity index is 1.70. The number of aryl methyl sites for hydroxylation is 1. The summed E-state index contributed by atoms with van der Waals surface area (Å²) in [4.78, 5) is 30.1. The minimum absolute atomic E-state index is 0.0362. The topological polar surface area (TPSA) is 154 Å². The van der Waals surface area contributed by atoms with Crippen molar-refractivity contribution in [3.8, 4) is 17.0 Å². The second-order valence-corrected chi connectivity index (χ2v) is 9.70. The normalized spacial score (nSPS) is 28.3. The van der Waals surface area contributed by atoms with Crippen LogP contribution < -0.4 is 5.73 Å². The summed E-state index contributed by atoms with van der Waals surface area (Å²) >= 11 is 0. The molecule has 0 radical (unpaired) electrons. The summed E-state index contributed by atoms with van der Waals surface area (Å²) in [6.45, 7) is 3.01. The van der Waals surface area contributed by atoms with Crippen LogP contribution in [-0.2, 0) is 16.0 Å². The molecule has 176 valence electrons. The molecule has 1 aromatic carbocycles. The first-order valence-electron chi connectivity index (χ1n) is 11.2. The predicted molar refractivity (Wildman–Crippen MR) is 124 cm³/mol. The maximum Gasteiger partial charge on any atom is 0.250 e. The number of phenolic OH excluding ortho intramolecular Hbond substituents is 1. The third-order valence-electron chi connectivity index (χ3n) is 7.60. The van der Waals surface area contributed by atoms with E-state index in [4.69, 9.17) is 5.73 Å². The standard InChI is InChI=1S/C26H26N2O6/c1-11-7-14(16-5-3-4-6-28-16)15-9-12-8-13-10-17(29)21(25(27)33)26(2,34)20(13)24(32)18(12)23(31)19(15)22(11)30/h3-7,12-13,20,29-31,34H,8-10H2,1-2H3,(H2,27,33). The molecule has 1 amide bonds. The summed E-state index contributed by atoms with van der Waals surface area (Å²) in [5, 5.41) is 43.9. The molecule has 3 aliphatic rings. The van der Waals surface area contributed by atoms with Gasteiger partial charge in [0.15, 0.2) is 5.78 Å². The van der Waals surface area contributed by atoms with Gasteiger partial charge in [0.2, 0.25) is 0 Å². The molecule has 34 heavy (non-hydrogen) atoms. The minimum atomic E-state index is -1.98. The number of carbonyl (C=O) groups is 2. The number of nitrogens with two attached hydrogens (primary N) is 1. The van der Waals surface area contributed by atoms with Gasteiger partial charge in [-0.1, -0.05) is 6.07 Å². The van der Waals surface area contributed by atoms with E-state index >= 15 is 0 Å². The monoisotopic (exact) mass is 462 g/mol. The number of pyridine rings is 1. The number of ketones is 1. The van der Waals surface area contributed by atoms with Crippen LogP contribution in [0.3, 0.4) is 0 Å². The molecule has 5 rings (SSSR count). The lowest BCUT2D eigenvalue weighted by molar-refractivity contribution is -0.136. The SMILES string of the molecule is Cc1cc(-c2ccccn2)c2c(c1O)C(O)=C1C(=O)C3C(CC(O)=C(C(N)=O)C3(C)O)CC1C2. The number of carbonyl (C=O) groups excluding carboxylic acids is 2. The fourth-order valence-corrected chi connectivity index (χ4v) is 6.25. The van der Waals surface area contributed by atoms with Crippen molar-refractivity contribution < 1.29 is 30.0 Å². The number of hydrogen-bond donors (Lipinski definition) is 5. The lowest BCUT2D eigenvalue weighted by Gasteiger charge is -2.48. The van der Waals surface area contributed by atoms with E-state index in [1.165, 1.54) is 6.92 Å². The Labute approximate surface area is 196 Å². The fourth-order valence-electron chi connectivity index (χ4n) is 6.25. The molecule has 0 spiro atoms. The summed E-state index contributed by atoms with van der Waals surface area (Å²) in [6.07, 6.45) is 2.48.